The second-order valence-corrected chi connectivity index (χ2v) is 6.85. The van der Waals surface area contributed by atoms with Crippen LogP contribution in [0.1, 0.15) is 50.3 Å². The Kier molecular flexibility index (Phi) is 4.91. The number of hydrogen-bond acceptors (Lipinski definition) is 5. The minimum Gasteiger partial charge on any atom is -0.469 e. The lowest BCUT2D eigenvalue weighted by Crippen LogP contribution is -2.42. The van der Waals surface area contributed by atoms with Crippen LogP contribution < -0.4 is 0 Å². The standard InChI is InChI=1S/C16H23FN4O4/c1-25-14(22)11-2-4-12(5-3-11)21-10-13(18-19-21)16(17)6-8-20(9-7-16)15(23)24/h10-12H,2-9H2,1H3,(H,23,24)/t11-,12-. The van der Waals surface area contributed by atoms with Crippen molar-refractivity contribution in [1.29, 1.82) is 0 Å². The maximum Gasteiger partial charge on any atom is 0.407 e. The molecular formula is C16H23FN4O4. The molecule has 2 fully saturated rings. The molecule has 2 heterocycles. The molecule has 2 aliphatic rings. The highest BCUT2D eigenvalue weighted by atomic mass is 19.1. The number of alkyl halides is 1. The smallest absolute Gasteiger partial charge is 0.407 e. The monoisotopic (exact) mass is 354 g/mol. The molecule has 1 amide bonds. The third-order valence-electron chi connectivity index (χ3n) is 5.40. The Balaban J connectivity index is 1.61. The molecule has 0 radical (unpaired) electrons. The summed E-state index contributed by atoms with van der Waals surface area (Å²) in [4.78, 5) is 23.8. The van der Waals surface area contributed by atoms with Gasteiger partial charge in [-0.15, -0.1) is 5.10 Å². The number of aromatic nitrogens is 3. The Morgan fingerprint density at radius 2 is 1.92 bits per heavy atom. The van der Waals surface area contributed by atoms with Gasteiger partial charge >= 0.3 is 12.1 Å². The molecule has 1 saturated heterocycles. The van der Waals surface area contributed by atoms with Gasteiger partial charge in [-0.3, -0.25) is 4.79 Å². The van der Waals surface area contributed by atoms with E-state index in [1.165, 1.54) is 12.0 Å². The fraction of sp³-hybridized carbons (Fsp3) is 0.750. The van der Waals surface area contributed by atoms with Gasteiger partial charge in [-0.25, -0.2) is 13.9 Å². The summed E-state index contributed by atoms with van der Waals surface area (Å²) in [5.74, 6) is -0.247. The molecule has 0 atom stereocenters. The maximum absolute atomic E-state index is 15.1. The van der Waals surface area contributed by atoms with E-state index in [9.17, 15) is 9.59 Å². The minimum absolute atomic E-state index is 0.0721. The second-order valence-electron chi connectivity index (χ2n) is 6.85. The first-order valence-electron chi connectivity index (χ1n) is 8.60. The van der Waals surface area contributed by atoms with Crippen LogP contribution in [0.3, 0.4) is 0 Å². The zero-order valence-corrected chi connectivity index (χ0v) is 14.2. The Bertz CT molecular complexity index is 634. The summed E-state index contributed by atoms with van der Waals surface area (Å²) < 4.78 is 21.6. The van der Waals surface area contributed by atoms with Crippen LogP contribution in [0.15, 0.2) is 6.20 Å². The van der Waals surface area contributed by atoms with E-state index in [0.29, 0.717) is 0 Å². The molecule has 1 aliphatic heterocycles. The topological polar surface area (TPSA) is 97.5 Å². The maximum atomic E-state index is 15.1. The summed E-state index contributed by atoms with van der Waals surface area (Å²) in [5.41, 5.74) is -1.36. The van der Waals surface area contributed by atoms with E-state index >= 15 is 4.39 Å². The summed E-state index contributed by atoms with van der Waals surface area (Å²) in [6.45, 7) is 0.311. The van der Waals surface area contributed by atoms with Gasteiger partial charge in [-0.2, -0.15) is 0 Å². The van der Waals surface area contributed by atoms with Gasteiger partial charge in [-0.05, 0) is 25.7 Å². The van der Waals surface area contributed by atoms with Crippen LogP contribution >= 0.6 is 0 Å². The highest BCUT2D eigenvalue weighted by molar-refractivity contribution is 5.72. The normalized spacial score (nSPS) is 26.2. The second kappa shape index (κ2) is 6.97. The largest absolute Gasteiger partial charge is 0.469 e. The predicted molar refractivity (Wildman–Crippen MR) is 84.7 cm³/mol. The fourth-order valence-electron chi connectivity index (χ4n) is 3.71. The van der Waals surface area contributed by atoms with Gasteiger partial charge in [0.05, 0.1) is 25.3 Å². The van der Waals surface area contributed by atoms with Crippen molar-refractivity contribution in [2.24, 2.45) is 5.92 Å². The Morgan fingerprint density at radius 1 is 1.28 bits per heavy atom. The van der Waals surface area contributed by atoms with E-state index in [-0.39, 0.29) is 49.6 Å². The highest BCUT2D eigenvalue weighted by Crippen LogP contribution is 2.37. The molecule has 0 spiro atoms. The van der Waals surface area contributed by atoms with E-state index in [4.69, 9.17) is 9.84 Å². The van der Waals surface area contributed by atoms with Crippen molar-refractivity contribution < 1.29 is 23.8 Å². The number of rotatable bonds is 3. The zero-order valence-electron chi connectivity index (χ0n) is 14.2. The number of likely N-dealkylation sites (tertiary alicyclic amines) is 1. The van der Waals surface area contributed by atoms with Crippen LogP contribution in [-0.2, 0) is 15.2 Å². The Hall–Kier alpha value is -2.19. The number of nitrogens with zero attached hydrogens (tertiary/aromatic N) is 4. The zero-order chi connectivity index (χ0) is 18.0. The minimum atomic E-state index is -1.63. The van der Waals surface area contributed by atoms with Crippen molar-refractivity contribution in [3.8, 4) is 0 Å². The van der Waals surface area contributed by atoms with Crippen molar-refractivity contribution in [2.75, 3.05) is 20.2 Å². The number of methoxy groups -OCH3 is 1. The van der Waals surface area contributed by atoms with Crippen molar-refractivity contribution in [2.45, 2.75) is 50.2 Å². The van der Waals surface area contributed by atoms with E-state index < -0.39 is 11.8 Å². The van der Waals surface area contributed by atoms with Gasteiger partial charge in [0, 0.05) is 25.9 Å². The van der Waals surface area contributed by atoms with E-state index in [2.05, 4.69) is 10.3 Å². The van der Waals surface area contributed by atoms with E-state index in [0.717, 1.165) is 25.7 Å². The number of esters is 1. The summed E-state index contributed by atoms with van der Waals surface area (Å²) in [7, 11) is 1.40. The van der Waals surface area contributed by atoms with Crippen LogP contribution in [0.25, 0.3) is 0 Å². The van der Waals surface area contributed by atoms with Crippen molar-refractivity contribution in [1.82, 2.24) is 19.9 Å². The van der Waals surface area contributed by atoms with Crippen molar-refractivity contribution in [3.05, 3.63) is 11.9 Å². The van der Waals surface area contributed by atoms with Crippen LogP contribution in [0.2, 0.25) is 0 Å². The van der Waals surface area contributed by atoms with E-state index in [1.807, 2.05) is 0 Å². The van der Waals surface area contributed by atoms with Crippen LogP contribution in [0, 0.1) is 5.92 Å². The predicted octanol–water partition coefficient (Wildman–Crippen LogP) is 2.12. The van der Waals surface area contributed by atoms with Crippen molar-refractivity contribution >= 4 is 12.1 Å². The van der Waals surface area contributed by atoms with Crippen LogP contribution in [-0.4, -0.2) is 57.3 Å². The number of amides is 1. The molecule has 8 nitrogen and oxygen atoms in total. The molecule has 1 aromatic heterocycles. The number of carbonyl (C=O) groups excluding carboxylic acids is 1. The SMILES string of the molecule is COC(=O)[C@H]1CC[C@H](n2cc(C3(F)CCN(C(=O)O)CC3)nn2)CC1. The third-order valence-corrected chi connectivity index (χ3v) is 5.40. The van der Waals surface area contributed by atoms with Gasteiger partial charge < -0.3 is 14.7 Å². The average Bonchev–Trinajstić information content (AvgIpc) is 3.12. The first kappa shape index (κ1) is 17.6. The molecule has 0 aromatic carbocycles. The van der Waals surface area contributed by atoms with Gasteiger partial charge in [0.2, 0.25) is 0 Å². The lowest BCUT2D eigenvalue weighted by atomic mass is 9.86. The van der Waals surface area contributed by atoms with Gasteiger partial charge in [0.1, 0.15) is 5.69 Å². The van der Waals surface area contributed by atoms with Crippen molar-refractivity contribution in [3.63, 3.8) is 0 Å². The Morgan fingerprint density at radius 3 is 2.48 bits per heavy atom. The van der Waals surface area contributed by atoms with Crippen LogP contribution in [0.4, 0.5) is 9.18 Å². The molecule has 3 rings (SSSR count). The lowest BCUT2D eigenvalue weighted by Gasteiger charge is -2.33. The number of hydrogen-bond donors (Lipinski definition) is 1. The summed E-state index contributed by atoms with van der Waals surface area (Å²) in [5, 5.41) is 17.1. The highest BCUT2D eigenvalue weighted by Gasteiger charge is 2.40. The molecule has 1 N–H and O–H groups in total. The van der Waals surface area contributed by atoms with Gasteiger partial charge in [0.25, 0.3) is 0 Å². The molecule has 0 unspecified atom stereocenters. The first-order chi connectivity index (χ1) is 11.9. The molecule has 138 valence electrons. The van der Waals surface area contributed by atoms with Gasteiger partial charge in [-0.1, -0.05) is 5.21 Å². The molecular weight excluding hydrogens is 331 g/mol. The summed E-state index contributed by atoms with van der Waals surface area (Å²) in [6, 6.07) is 0.102. The molecule has 1 aliphatic carbocycles. The molecule has 9 heteroatoms. The summed E-state index contributed by atoms with van der Waals surface area (Å²) >= 11 is 0. The molecule has 0 bridgehead atoms. The average molecular weight is 354 g/mol. The van der Waals surface area contributed by atoms with E-state index in [1.54, 1.807) is 10.9 Å². The number of carboxylic acid groups (broad SMARTS) is 1. The quantitative estimate of drug-likeness (QED) is 0.835. The molecule has 1 saturated carbocycles. The number of piperidine rings is 1. The first-order valence-corrected chi connectivity index (χ1v) is 8.60. The fourth-order valence-corrected chi connectivity index (χ4v) is 3.71. The number of halogens is 1. The Labute approximate surface area is 144 Å². The molecule has 25 heavy (non-hydrogen) atoms. The molecule has 1 aromatic rings. The third kappa shape index (κ3) is 3.59. The van der Waals surface area contributed by atoms with Gasteiger partial charge in [0.15, 0.2) is 5.67 Å². The number of carbonyl (C=O) groups is 2. The lowest BCUT2D eigenvalue weighted by molar-refractivity contribution is -0.146. The van der Waals surface area contributed by atoms with Crippen LogP contribution in [0.5, 0.6) is 0 Å². The summed E-state index contributed by atoms with van der Waals surface area (Å²) in [6.07, 6.45) is 3.79. The number of ether oxygens (including phenoxy) is 1.